The molecule has 4 nitrogen and oxygen atoms in total. The summed E-state index contributed by atoms with van der Waals surface area (Å²) in [6.07, 6.45) is 1.78. The molecule has 4 heteroatoms. The maximum absolute atomic E-state index is 12.2. The summed E-state index contributed by atoms with van der Waals surface area (Å²) in [6.45, 7) is 2.48. The monoisotopic (exact) mass is 339 g/mol. The van der Waals surface area contributed by atoms with Crippen LogP contribution >= 0.6 is 0 Å². The minimum absolute atomic E-state index is 0.160. The van der Waals surface area contributed by atoms with Crippen molar-refractivity contribution in [3.8, 4) is 0 Å². The van der Waals surface area contributed by atoms with Crippen LogP contribution in [0.5, 0.6) is 0 Å². The summed E-state index contributed by atoms with van der Waals surface area (Å²) >= 11 is 0. The molecule has 2 aromatic carbocycles. The van der Waals surface area contributed by atoms with Crippen molar-refractivity contribution < 1.29 is 14.3 Å². The first kappa shape index (κ1) is 17.6. The van der Waals surface area contributed by atoms with E-state index in [0.717, 1.165) is 24.9 Å². The molecule has 1 aliphatic rings. The number of carbonyl (C=O) groups excluding carboxylic acids is 1. The topological polar surface area (TPSA) is 47.6 Å². The van der Waals surface area contributed by atoms with Gasteiger partial charge in [-0.3, -0.25) is 4.79 Å². The molecule has 25 heavy (non-hydrogen) atoms. The van der Waals surface area contributed by atoms with Gasteiger partial charge in [-0.25, -0.2) is 0 Å². The van der Waals surface area contributed by atoms with E-state index < -0.39 is 0 Å². The summed E-state index contributed by atoms with van der Waals surface area (Å²) in [7, 11) is 0. The number of hydrogen-bond acceptors (Lipinski definition) is 4. The second-order valence-electron chi connectivity index (χ2n) is 6.50. The van der Waals surface area contributed by atoms with Gasteiger partial charge in [0.1, 0.15) is 12.6 Å². The van der Waals surface area contributed by atoms with Crippen molar-refractivity contribution in [2.75, 3.05) is 13.2 Å². The first-order chi connectivity index (χ1) is 12.3. The Morgan fingerprint density at radius 2 is 1.56 bits per heavy atom. The van der Waals surface area contributed by atoms with Crippen LogP contribution < -0.4 is 5.32 Å². The summed E-state index contributed by atoms with van der Waals surface area (Å²) in [5.74, 6) is 0.286. The van der Waals surface area contributed by atoms with Gasteiger partial charge < -0.3 is 14.8 Å². The molecular formula is C21H25NO3. The first-order valence-electron chi connectivity index (χ1n) is 8.87. The molecule has 1 aliphatic heterocycles. The van der Waals surface area contributed by atoms with Crippen LogP contribution in [0.3, 0.4) is 0 Å². The van der Waals surface area contributed by atoms with Crippen molar-refractivity contribution in [3.63, 3.8) is 0 Å². The first-order valence-corrected chi connectivity index (χ1v) is 8.87. The van der Waals surface area contributed by atoms with E-state index >= 15 is 0 Å². The van der Waals surface area contributed by atoms with Crippen LogP contribution in [0.15, 0.2) is 60.7 Å². The molecular weight excluding hydrogens is 314 g/mol. The number of esters is 1. The van der Waals surface area contributed by atoms with Gasteiger partial charge in [-0.15, -0.1) is 0 Å². The van der Waals surface area contributed by atoms with E-state index in [1.807, 2.05) is 48.5 Å². The lowest BCUT2D eigenvalue weighted by Gasteiger charge is -2.28. The van der Waals surface area contributed by atoms with Gasteiger partial charge >= 0.3 is 5.97 Å². The van der Waals surface area contributed by atoms with E-state index in [4.69, 9.17) is 9.47 Å². The van der Waals surface area contributed by atoms with E-state index in [1.54, 1.807) is 0 Å². The molecule has 0 radical (unpaired) electrons. The van der Waals surface area contributed by atoms with Crippen LogP contribution in [0.25, 0.3) is 0 Å². The minimum atomic E-state index is -0.200. The predicted octanol–water partition coefficient (Wildman–Crippen LogP) is 3.31. The normalized spacial score (nSPS) is 20.2. The second-order valence-corrected chi connectivity index (χ2v) is 6.50. The lowest BCUT2D eigenvalue weighted by Crippen LogP contribution is -2.45. The van der Waals surface area contributed by atoms with Crippen LogP contribution in [0.4, 0.5) is 0 Å². The molecule has 0 aromatic heterocycles. The highest BCUT2D eigenvalue weighted by atomic mass is 16.5. The van der Waals surface area contributed by atoms with E-state index in [1.165, 1.54) is 5.56 Å². The molecule has 1 saturated heterocycles. The molecule has 3 rings (SSSR count). The Hall–Kier alpha value is -2.17. The SMILES string of the molecule is O=C(OCc1ccccc1)[C@@H]1CCC(COCc2ccccc2)CN1. The number of hydrogen-bond donors (Lipinski definition) is 1. The molecule has 1 heterocycles. The van der Waals surface area contributed by atoms with Crippen molar-refractivity contribution in [3.05, 3.63) is 71.8 Å². The lowest BCUT2D eigenvalue weighted by molar-refractivity contribution is -0.148. The van der Waals surface area contributed by atoms with Gasteiger partial charge in [-0.2, -0.15) is 0 Å². The zero-order chi connectivity index (χ0) is 17.3. The zero-order valence-electron chi connectivity index (χ0n) is 14.4. The van der Waals surface area contributed by atoms with Crippen LogP contribution in [0.2, 0.25) is 0 Å². The minimum Gasteiger partial charge on any atom is -0.460 e. The van der Waals surface area contributed by atoms with E-state index in [-0.39, 0.29) is 12.0 Å². The van der Waals surface area contributed by atoms with Crippen molar-refractivity contribution >= 4 is 5.97 Å². The molecule has 1 fully saturated rings. The smallest absolute Gasteiger partial charge is 0.323 e. The summed E-state index contributed by atoms with van der Waals surface area (Å²) in [4.78, 5) is 12.2. The summed E-state index contributed by atoms with van der Waals surface area (Å²) in [5, 5.41) is 3.30. The van der Waals surface area contributed by atoms with Gasteiger partial charge in [0.2, 0.25) is 0 Å². The Morgan fingerprint density at radius 1 is 0.920 bits per heavy atom. The highest BCUT2D eigenvalue weighted by molar-refractivity contribution is 5.75. The molecule has 1 N–H and O–H groups in total. The van der Waals surface area contributed by atoms with Crippen molar-refractivity contribution in [1.82, 2.24) is 5.32 Å². The second kappa shape index (κ2) is 9.35. The summed E-state index contributed by atoms with van der Waals surface area (Å²) in [6, 6.07) is 19.7. The third-order valence-corrected chi connectivity index (χ3v) is 4.49. The zero-order valence-corrected chi connectivity index (χ0v) is 14.4. The number of nitrogens with one attached hydrogen (secondary N) is 1. The molecule has 0 saturated carbocycles. The quantitative estimate of drug-likeness (QED) is 0.786. The van der Waals surface area contributed by atoms with Crippen LogP contribution in [0, 0.1) is 5.92 Å². The van der Waals surface area contributed by atoms with Gasteiger partial charge in [-0.05, 0) is 29.9 Å². The molecule has 1 unspecified atom stereocenters. The average molecular weight is 339 g/mol. The predicted molar refractivity (Wildman–Crippen MR) is 96.9 cm³/mol. The Kier molecular flexibility index (Phi) is 6.60. The van der Waals surface area contributed by atoms with E-state index in [0.29, 0.717) is 25.7 Å². The summed E-state index contributed by atoms with van der Waals surface area (Å²) < 4.78 is 11.2. The number of piperidine rings is 1. The molecule has 0 aliphatic carbocycles. The van der Waals surface area contributed by atoms with Crippen molar-refractivity contribution in [1.29, 1.82) is 0 Å². The van der Waals surface area contributed by atoms with Gasteiger partial charge in [0.15, 0.2) is 0 Å². The van der Waals surface area contributed by atoms with Crippen molar-refractivity contribution in [2.45, 2.75) is 32.1 Å². The fraction of sp³-hybridized carbons (Fsp3) is 0.381. The lowest BCUT2D eigenvalue weighted by atomic mass is 9.95. The van der Waals surface area contributed by atoms with E-state index in [2.05, 4.69) is 17.4 Å². The Balaban J connectivity index is 1.33. The fourth-order valence-electron chi connectivity index (χ4n) is 3.01. The van der Waals surface area contributed by atoms with Crippen LogP contribution in [-0.4, -0.2) is 25.2 Å². The third-order valence-electron chi connectivity index (χ3n) is 4.49. The summed E-state index contributed by atoms with van der Waals surface area (Å²) in [5.41, 5.74) is 2.20. The molecule has 0 amide bonds. The van der Waals surface area contributed by atoms with Gasteiger partial charge in [0.05, 0.1) is 13.2 Å². The molecule has 2 aromatic rings. The number of ether oxygens (including phenoxy) is 2. The number of carbonyl (C=O) groups is 1. The number of rotatable bonds is 7. The average Bonchev–Trinajstić information content (AvgIpc) is 2.68. The van der Waals surface area contributed by atoms with Gasteiger partial charge in [0.25, 0.3) is 0 Å². The standard InChI is InChI=1S/C21H25NO3/c23-21(25-16-18-9-5-2-6-10-18)20-12-11-19(13-22-20)15-24-14-17-7-3-1-4-8-17/h1-10,19-20,22H,11-16H2/t19?,20-/m0/s1. The van der Waals surface area contributed by atoms with Gasteiger partial charge in [-0.1, -0.05) is 60.7 Å². The fourth-order valence-corrected chi connectivity index (χ4v) is 3.01. The maximum atomic E-state index is 12.2. The van der Waals surface area contributed by atoms with Crippen LogP contribution in [0.1, 0.15) is 24.0 Å². The number of benzene rings is 2. The molecule has 2 atom stereocenters. The Morgan fingerprint density at radius 3 is 2.16 bits per heavy atom. The van der Waals surface area contributed by atoms with Crippen LogP contribution in [-0.2, 0) is 27.5 Å². The Bertz CT molecular complexity index is 637. The molecule has 132 valence electrons. The highest BCUT2D eigenvalue weighted by Gasteiger charge is 2.26. The van der Waals surface area contributed by atoms with Gasteiger partial charge in [0, 0.05) is 6.54 Å². The third kappa shape index (κ3) is 5.69. The Labute approximate surface area is 149 Å². The maximum Gasteiger partial charge on any atom is 0.323 e. The van der Waals surface area contributed by atoms with Crippen molar-refractivity contribution in [2.24, 2.45) is 5.92 Å². The largest absolute Gasteiger partial charge is 0.460 e. The van der Waals surface area contributed by atoms with E-state index in [9.17, 15) is 4.79 Å². The highest BCUT2D eigenvalue weighted by Crippen LogP contribution is 2.17. The molecule has 0 spiro atoms. The molecule has 0 bridgehead atoms.